The average Bonchev–Trinajstić information content (AvgIpc) is 3.26. The standard InChI is InChI=1S/C19H22FN5O2/c1-24-10-8-22-19(24)18-16(14-3-5-15(20)6-4-14)13-23-25(18)11-9-21-17(26)7-12-27-2/h3-6,8,10,13H,7,9,11-12H2,1-2H3,(H,21,26). The Hall–Kier alpha value is -3.00. The summed E-state index contributed by atoms with van der Waals surface area (Å²) in [5.74, 6) is 0.391. The third-order valence-corrected chi connectivity index (χ3v) is 4.21. The SMILES string of the molecule is COCCC(=O)NCCn1ncc(-c2ccc(F)cc2)c1-c1nccn1C. The lowest BCUT2D eigenvalue weighted by atomic mass is 10.1. The molecule has 2 aromatic heterocycles. The van der Waals surface area contributed by atoms with Crippen molar-refractivity contribution in [3.05, 3.63) is 48.7 Å². The van der Waals surface area contributed by atoms with Crippen molar-refractivity contribution in [2.24, 2.45) is 7.05 Å². The molecular weight excluding hydrogens is 349 g/mol. The molecule has 2 heterocycles. The molecule has 3 rings (SSSR count). The molecule has 0 unspecified atom stereocenters. The van der Waals surface area contributed by atoms with Crippen molar-refractivity contribution in [3.63, 3.8) is 0 Å². The number of hydrogen-bond donors (Lipinski definition) is 1. The number of halogens is 1. The number of rotatable bonds is 8. The molecule has 0 aliphatic carbocycles. The fraction of sp³-hybridized carbons (Fsp3) is 0.316. The van der Waals surface area contributed by atoms with Crippen LogP contribution in [0.15, 0.2) is 42.9 Å². The molecule has 8 heteroatoms. The zero-order valence-electron chi connectivity index (χ0n) is 15.4. The molecule has 142 valence electrons. The van der Waals surface area contributed by atoms with Crippen LogP contribution in [0.4, 0.5) is 4.39 Å². The van der Waals surface area contributed by atoms with Gasteiger partial charge in [-0.1, -0.05) is 12.1 Å². The Bertz CT molecular complexity index is 901. The topological polar surface area (TPSA) is 74.0 Å². The van der Waals surface area contributed by atoms with Crippen LogP contribution in [0.25, 0.3) is 22.6 Å². The van der Waals surface area contributed by atoms with Crippen LogP contribution in [0, 0.1) is 5.82 Å². The summed E-state index contributed by atoms with van der Waals surface area (Å²) in [6.07, 6.45) is 5.63. The average molecular weight is 371 g/mol. The maximum atomic E-state index is 13.3. The van der Waals surface area contributed by atoms with Gasteiger partial charge in [-0.25, -0.2) is 9.37 Å². The Morgan fingerprint density at radius 2 is 2.07 bits per heavy atom. The second kappa shape index (κ2) is 8.59. The van der Waals surface area contributed by atoms with E-state index in [9.17, 15) is 9.18 Å². The van der Waals surface area contributed by atoms with Crippen molar-refractivity contribution in [2.45, 2.75) is 13.0 Å². The van der Waals surface area contributed by atoms with E-state index in [1.165, 1.54) is 12.1 Å². The summed E-state index contributed by atoms with van der Waals surface area (Å²) in [7, 11) is 3.47. The summed E-state index contributed by atoms with van der Waals surface area (Å²) in [4.78, 5) is 16.2. The maximum absolute atomic E-state index is 13.3. The smallest absolute Gasteiger partial charge is 0.222 e. The molecular formula is C19H22FN5O2. The van der Waals surface area contributed by atoms with Crippen molar-refractivity contribution in [1.29, 1.82) is 0 Å². The van der Waals surface area contributed by atoms with E-state index in [1.54, 1.807) is 36.3 Å². The van der Waals surface area contributed by atoms with E-state index in [2.05, 4.69) is 15.4 Å². The molecule has 0 aliphatic rings. The Kier molecular flexibility index (Phi) is 5.97. The molecule has 0 saturated heterocycles. The van der Waals surface area contributed by atoms with E-state index in [0.29, 0.717) is 26.1 Å². The van der Waals surface area contributed by atoms with E-state index in [1.807, 2.05) is 17.8 Å². The normalized spacial score (nSPS) is 10.9. The molecule has 1 amide bonds. The van der Waals surface area contributed by atoms with Crippen LogP contribution < -0.4 is 5.32 Å². The van der Waals surface area contributed by atoms with Crippen LogP contribution in [0.5, 0.6) is 0 Å². The number of ether oxygens (including phenoxy) is 1. The molecule has 1 N–H and O–H groups in total. The number of aryl methyl sites for hydroxylation is 1. The van der Waals surface area contributed by atoms with Gasteiger partial charge in [-0.3, -0.25) is 9.48 Å². The van der Waals surface area contributed by atoms with Crippen LogP contribution in [-0.4, -0.2) is 45.5 Å². The van der Waals surface area contributed by atoms with E-state index in [0.717, 1.165) is 22.6 Å². The molecule has 3 aromatic rings. The van der Waals surface area contributed by atoms with Gasteiger partial charge in [0.25, 0.3) is 0 Å². The van der Waals surface area contributed by atoms with E-state index >= 15 is 0 Å². The fourth-order valence-corrected chi connectivity index (χ4v) is 2.81. The zero-order valence-corrected chi connectivity index (χ0v) is 15.4. The van der Waals surface area contributed by atoms with Gasteiger partial charge in [-0.15, -0.1) is 0 Å². The number of nitrogens with one attached hydrogen (secondary N) is 1. The molecule has 0 atom stereocenters. The first-order valence-electron chi connectivity index (χ1n) is 8.65. The van der Waals surface area contributed by atoms with Crippen LogP contribution in [-0.2, 0) is 23.1 Å². The third-order valence-electron chi connectivity index (χ3n) is 4.21. The van der Waals surface area contributed by atoms with Crippen LogP contribution in [0.1, 0.15) is 6.42 Å². The monoisotopic (exact) mass is 371 g/mol. The highest BCUT2D eigenvalue weighted by Gasteiger charge is 2.18. The van der Waals surface area contributed by atoms with Gasteiger partial charge in [0.1, 0.15) is 11.5 Å². The molecule has 0 radical (unpaired) electrons. The van der Waals surface area contributed by atoms with Crippen molar-refractivity contribution in [2.75, 3.05) is 20.3 Å². The predicted octanol–water partition coefficient (Wildman–Crippen LogP) is 2.24. The van der Waals surface area contributed by atoms with Crippen molar-refractivity contribution in [3.8, 4) is 22.6 Å². The van der Waals surface area contributed by atoms with Crippen molar-refractivity contribution >= 4 is 5.91 Å². The van der Waals surface area contributed by atoms with Gasteiger partial charge in [-0.2, -0.15) is 5.10 Å². The second-order valence-corrected chi connectivity index (χ2v) is 6.09. The highest BCUT2D eigenvalue weighted by molar-refractivity contribution is 5.78. The number of imidazole rings is 1. The summed E-state index contributed by atoms with van der Waals surface area (Å²) in [5, 5.41) is 7.32. The first-order valence-corrected chi connectivity index (χ1v) is 8.65. The summed E-state index contributed by atoms with van der Waals surface area (Å²) in [6.45, 7) is 1.31. The van der Waals surface area contributed by atoms with Crippen LogP contribution >= 0.6 is 0 Å². The number of carbonyl (C=O) groups excluding carboxylic acids is 1. The lowest BCUT2D eigenvalue weighted by molar-refractivity contribution is -0.121. The van der Waals surface area contributed by atoms with Crippen LogP contribution in [0.3, 0.4) is 0 Å². The Morgan fingerprint density at radius 1 is 1.30 bits per heavy atom. The molecule has 27 heavy (non-hydrogen) atoms. The minimum absolute atomic E-state index is 0.0682. The molecule has 7 nitrogen and oxygen atoms in total. The number of carbonyl (C=O) groups is 1. The minimum atomic E-state index is -0.288. The van der Waals surface area contributed by atoms with Crippen molar-refractivity contribution in [1.82, 2.24) is 24.6 Å². The van der Waals surface area contributed by atoms with Crippen LogP contribution in [0.2, 0.25) is 0 Å². The summed E-state index contributed by atoms with van der Waals surface area (Å²) in [5.41, 5.74) is 2.53. The number of aromatic nitrogens is 4. The number of hydrogen-bond acceptors (Lipinski definition) is 4. The maximum Gasteiger partial charge on any atom is 0.222 e. The predicted molar refractivity (Wildman–Crippen MR) is 99.3 cm³/mol. The third kappa shape index (κ3) is 4.40. The number of amides is 1. The molecule has 1 aromatic carbocycles. The minimum Gasteiger partial charge on any atom is -0.384 e. The number of methoxy groups -OCH3 is 1. The van der Waals surface area contributed by atoms with Gasteiger partial charge in [0.2, 0.25) is 5.91 Å². The van der Waals surface area contributed by atoms with Gasteiger partial charge in [0, 0.05) is 45.1 Å². The Morgan fingerprint density at radius 3 is 2.74 bits per heavy atom. The Labute approximate surface area is 156 Å². The summed E-state index contributed by atoms with van der Waals surface area (Å²) in [6, 6.07) is 6.28. The van der Waals surface area contributed by atoms with E-state index in [-0.39, 0.29) is 11.7 Å². The fourth-order valence-electron chi connectivity index (χ4n) is 2.81. The second-order valence-electron chi connectivity index (χ2n) is 6.09. The number of benzene rings is 1. The highest BCUT2D eigenvalue weighted by Crippen LogP contribution is 2.31. The molecule has 0 bridgehead atoms. The van der Waals surface area contributed by atoms with E-state index < -0.39 is 0 Å². The van der Waals surface area contributed by atoms with Gasteiger partial charge < -0.3 is 14.6 Å². The first-order chi connectivity index (χ1) is 13.1. The molecule has 0 saturated carbocycles. The molecule has 0 aliphatic heterocycles. The largest absolute Gasteiger partial charge is 0.384 e. The highest BCUT2D eigenvalue weighted by atomic mass is 19.1. The summed E-state index contributed by atoms with van der Waals surface area (Å²) < 4.78 is 21.9. The number of nitrogens with zero attached hydrogens (tertiary/aromatic N) is 4. The molecule has 0 spiro atoms. The summed E-state index contributed by atoms with van der Waals surface area (Å²) >= 11 is 0. The lowest BCUT2D eigenvalue weighted by Gasteiger charge is -2.11. The lowest BCUT2D eigenvalue weighted by Crippen LogP contribution is -2.28. The van der Waals surface area contributed by atoms with Gasteiger partial charge in [0.05, 0.1) is 19.3 Å². The quantitative estimate of drug-likeness (QED) is 0.659. The van der Waals surface area contributed by atoms with Crippen molar-refractivity contribution < 1.29 is 13.9 Å². The van der Waals surface area contributed by atoms with Gasteiger partial charge in [0.15, 0.2) is 5.82 Å². The van der Waals surface area contributed by atoms with E-state index in [4.69, 9.17) is 4.74 Å². The van der Waals surface area contributed by atoms with Gasteiger partial charge >= 0.3 is 0 Å². The van der Waals surface area contributed by atoms with Gasteiger partial charge in [-0.05, 0) is 17.7 Å². The first kappa shape index (κ1) is 18.8. The molecule has 0 fully saturated rings. The Balaban J connectivity index is 1.85. The zero-order chi connectivity index (χ0) is 19.2.